The SMILES string of the molecule is COCC[NH+](CCOC)C[C@@H](O)COc1ccccc1C(C)C. The monoisotopic (exact) mass is 326 g/mol. The molecule has 1 aromatic carbocycles. The maximum absolute atomic E-state index is 10.3. The van der Waals surface area contributed by atoms with Gasteiger partial charge in [-0.1, -0.05) is 32.0 Å². The van der Waals surface area contributed by atoms with E-state index in [1.807, 2.05) is 18.2 Å². The average Bonchev–Trinajstić information content (AvgIpc) is 2.55. The van der Waals surface area contributed by atoms with E-state index >= 15 is 0 Å². The summed E-state index contributed by atoms with van der Waals surface area (Å²) in [5.74, 6) is 1.26. The van der Waals surface area contributed by atoms with Crippen LogP contribution in [0.5, 0.6) is 5.75 Å². The van der Waals surface area contributed by atoms with E-state index in [0.717, 1.165) is 18.8 Å². The summed E-state index contributed by atoms with van der Waals surface area (Å²) in [6.07, 6.45) is -0.515. The van der Waals surface area contributed by atoms with Gasteiger partial charge in [-0.2, -0.15) is 0 Å². The molecule has 0 aliphatic rings. The van der Waals surface area contributed by atoms with Crippen LogP contribution in [0.4, 0.5) is 0 Å². The average molecular weight is 326 g/mol. The fourth-order valence-electron chi connectivity index (χ4n) is 2.49. The van der Waals surface area contributed by atoms with Crippen molar-refractivity contribution < 1.29 is 24.2 Å². The van der Waals surface area contributed by atoms with Gasteiger partial charge in [-0.25, -0.2) is 0 Å². The number of rotatable bonds is 12. The van der Waals surface area contributed by atoms with E-state index in [4.69, 9.17) is 14.2 Å². The molecule has 132 valence electrons. The van der Waals surface area contributed by atoms with E-state index in [1.165, 1.54) is 10.5 Å². The quantitative estimate of drug-likeness (QED) is 0.594. The summed E-state index contributed by atoms with van der Waals surface area (Å²) in [7, 11) is 3.38. The maximum atomic E-state index is 10.3. The number of hydrogen-bond acceptors (Lipinski definition) is 4. The molecule has 5 heteroatoms. The van der Waals surface area contributed by atoms with Crippen molar-refractivity contribution in [2.45, 2.75) is 25.9 Å². The fourth-order valence-corrected chi connectivity index (χ4v) is 2.49. The van der Waals surface area contributed by atoms with Gasteiger partial charge in [0.2, 0.25) is 0 Å². The minimum atomic E-state index is -0.515. The number of para-hydroxylation sites is 1. The Kier molecular flexibility index (Phi) is 9.87. The Morgan fingerprint density at radius 2 is 1.65 bits per heavy atom. The number of ether oxygens (including phenoxy) is 3. The summed E-state index contributed by atoms with van der Waals surface area (Å²) in [4.78, 5) is 1.25. The van der Waals surface area contributed by atoms with Crippen LogP contribution in [0.25, 0.3) is 0 Å². The molecule has 0 amide bonds. The van der Waals surface area contributed by atoms with E-state index in [2.05, 4.69) is 19.9 Å². The molecule has 23 heavy (non-hydrogen) atoms. The van der Waals surface area contributed by atoms with Gasteiger partial charge in [0, 0.05) is 14.2 Å². The third-order valence-corrected chi connectivity index (χ3v) is 3.82. The van der Waals surface area contributed by atoms with Gasteiger partial charge in [0.1, 0.15) is 38.1 Å². The lowest BCUT2D eigenvalue weighted by molar-refractivity contribution is -0.903. The third-order valence-electron chi connectivity index (χ3n) is 3.82. The topological polar surface area (TPSA) is 52.4 Å². The standard InChI is InChI=1S/C18H31NO4/c1-15(2)17-7-5-6-8-18(17)23-14-16(20)13-19(9-11-21-3)10-12-22-4/h5-8,15-16,20H,9-14H2,1-4H3/p+1/t16-/m1/s1. The molecule has 1 aromatic rings. The Balaban J connectivity index is 2.49. The number of methoxy groups -OCH3 is 2. The lowest BCUT2D eigenvalue weighted by atomic mass is 10.0. The number of nitrogens with one attached hydrogen (secondary N) is 1. The molecular weight excluding hydrogens is 294 g/mol. The van der Waals surface area contributed by atoms with Crippen molar-refractivity contribution in [2.24, 2.45) is 0 Å². The van der Waals surface area contributed by atoms with Gasteiger partial charge in [0.15, 0.2) is 0 Å². The first-order valence-electron chi connectivity index (χ1n) is 8.29. The Morgan fingerprint density at radius 3 is 2.22 bits per heavy atom. The van der Waals surface area contributed by atoms with Crippen molar-refractivity contribution in [1.82, 2.24) is 0 Å². The molecule has 0 heterocycles. The molecule has 0 unspecified atom stereocenters. The molecule has 0 aliphatic heterocycles. The first-order chi connectivity index (χ1) is 11.1. The molecule has 0 aromatic heterocycles. The van der Waals surface area contributed by atoms with Gasteiger partial charge in [-0.15, -0.1) is 0 Å². The molecule has 1 atom stereocenters. The van der Waals surface area contributed by atoms with Crippen LogP contribution in [0.15, 0.2) is 24.3 Å². The van der Waals surface area contributed by atoms with Gasteiger partial charge in [-0.3, -0.25) is 0 Å². The van der Waals surface area contributed by atoms with E-state index < -0.39 is 6.10 Å². The highest BCUT2D eigenvalue weighted by molar-refractivity contribution is 5.35. The molecule has 0 bridgehead atoms. The zero-order chi connectivity index (χ0) is 17.1. The zero-order valence-corrected chi connectivity index (χ0v) is 14.9. The Hall–Kier alpha value is -1.14. The number of benzene rings is 1. The summed E-state index contributed by atoms with van der Waals surface area (Å²) in [6.45, 7) is 8.23. The molecule has 2 N–H and O–H groups in total. The van der Waals surface area contributed by atoms with Gasteiger partial charge in [0.25, 0.3) is 0 Å². The summed E-state index contributed by atoms with van der Waals surface area (Å²) < 4.78 is 16.1. The smallest absolute Gasteiger partial charge is 0.137 e. The van der Waals surface area contributed by atoms with E-state index in [9.17, 15) is 5.11 Å². The molecule has 0 spiro atoms. The fraction of sp³-hybridized carbons (Fsp3) is 0.667. The van der Waals surface area contributed by atoms with Crippen LogP contribution in [-0.4, -0.2) is 64.9 Å². The van der Waals surface area contributed by atoms with Crippen molar-refractivity contribution in [2.75, 3.05) is 53.7 Å². The molecule has 0 saturated heterocycles. The van der Waals surface area contributed by atoms with E-state index in [-0.39, 0.29) is 0 Å². The number of aliphatic hydroxyl groups is 1. The summed E-state index contributed by atoms with van der Waals surface area (Å²) in [5.41, 5.74) is 1.17. The normalized spacial score (nSPS) is 12.8. The first kappa shape index (κ1) is 19.9. The highest BCUT2D eigenvalue weighted by atomic mass is 16.5. The first-order valence-corrected chi connectivity index (χ1v) is 8.29. The molecule has 0 fully saturated rings. The molecule has 0 saturated carbocycles. The molecule has 5 nitrogen and oxygen atoms in total. The van der Waals surface area contributed by atoms with Gasteiger partial charge >= 0.3 is 0 Å². The number of hydrogen-bond donors (Lipinski definition) is 2. The van der Waals surface area contributed by atoms with Gasteiger partial charge in [0.05, 0.1) is 13.2 Å². The van der Waals surface area contributed by atoms with Crippen LogP contribution in [0.2, 0.25) is 0 Å². The predicted octanol–water partition coefficient (Wildman–Crippen LogP) is 0.727. The highest BCUT2D eigenvalue weighted by Gasteiger charge is 2.16. The Bertz CT molecular complexity index is 417. The van der Waals surface area contributed by atoms with Crippen molar-refractivity contribution in [3.8, 4) is 5.75 Å². The van der Waals surface area contributed by atoms with Gasteiger partial charge in [-0.05, 0) is 17.5 Å². The van der Waals surface area contributed by atoms with Crippen LogP contribution < -0.4 is 9.64 Å². The number of aliphatic hydroxyl groups excluding tert-OH is 1. The van der Waals surface area contributed by atoms with Crippen molar-refractivity contribution >= 4 is 0 Å². The minimum absolute atomic E-state index is 0.299. The van der Waals surface area contributed by atoms with Crippen molar-refractivity contribution in [3.63, 3.8) is 0 Å². The second kappa shape index (κ2) is 11.4. The van der Waals surface area contributed by atoms with Crippen LogP contribution >= 0.6 is 0 Å². The third kappa shape index (κ3) is 7.79. The largest absolute Gasteiger partial charge is 0.490 e. The maximum Gasteiger partial charge on any atom is 0.137 e. The molecule has 0 radical (unpaired) electrons. The van der Waals surface area contributed by atoms with E-state index in [0.29, 0.717) is 32.3 Å². The minimum Gasteiger partial charge on any atom is -0.490 e. The van der Waals surface area contributed by atoms with Crippen molar-refractivity contribution in [1.29, 1.82) is 0 Å². The molecular formula is C18H32NO4+. The van der Waals surface area contributed by atoms with Crippen LogP contribution in [0, 0.1) is 0 Å². The zero-order valence-electron chi connectivity index (χ0n) is 14.9. The predicted molar refractivity (Wildman–Crippen MR) is 91.3 cm³/mol. The second-order valence-electron chi connectivity index (χ2n) is 6.10. The van der Waals surface area contributed by atoms with Crippen LogP contribution in [-0.2, 0) is 9.47 Å². The van der Waals surface area contributed by atoms with Crippen LogP contribution in [0.1, 0.15) is 25.3 Å². The number of quaternary nitrogens is 1. The molecule has 1 rings (SSSR count). The summed E-state index contributed by atoms with van der Waals surface area (Å²) in [5, 5.41) is 10.3. The van der Waals surface area contributed by atoms with Gasteiger partial charge < -0.3 is 24.2 Å². The summed E-state index contributed by atoms with van der Waals surface area (Å²) >= 11 is 0. The highest BCUT2D eigenvalue weighted by Crippen LogP contribution is 2.25. The summed E-state index contributed by atoms with van der Waals surface area (Å²) in [6, 6.07) is 8.01. The lowest BCUT2D eigenvalue weighted by Gasteiger charge is -2.22. The van der Waals surface area contributed by atoms with Crippen LogP contribution in [0.3, 0.4) is 0 Å². The van der Waals surface area contributed by atoms with Crippen molar-refractivity contribution in [3.05, 3.63) is 29.8 Å². The Labute approximate surface area is 140 Å². The van der Waals surface area contributed by atoms with E-state index in [1.54, 1.807) is 14.2 Å². The Morgan fingerprint density at radius 1 is 1.04 bits per heavy atom. The molecule has 0 aliphatic carbocycles. The lowest BCUT2D eigenvalue weighted by Crippen LogP contribution is -3.14. The second-order valence-corrected chi connectivity index (χ2v) is 6.10.